The van der Waals surface area contributed by atoms with Gasteiger partial charge >= 0.3 is 0 Å². The van der Waals surface area contributed by atoms with Gasteiger partial charge in [0, 0.05) is 18.5 Å². The van der Waals surface area contributed by atoms with E-state index in [0.29, 0.717) is 18.3 Å². The first kappa shape index (κ1) is 16.1. The Hall–Kier alpha value is -2.44. The highest BCUT2D eigenvalue weighted by molar-refractivity contribution is 5.92. The van der Waals surface area contributed by atoms with E-state index in [2.05, 4.69) is 28.8 Å². The van der Waals surface area contributed by atoms with E-state index in [1.807, 2.05) is 0 Å². The molecule has 1 amide bonds. The molecule has 2 fully saturated rings. The summed E-state index contributed by atoms with van der Waals surface area (Å²) in [6.45, 7) is 4.73. The highest BCUT2D eigenvalue weighted by atomic mass is 16.3. The van der Waals surface area contributed by atoms with E-state index in [0.717, 1.165) is 31.4 Å². The number of likely N-dealkylation sites (tertiary alicyclic amines) is 1. The fourth-order valence-electron chi connectivity index (χ4n) is 3.27. The Bertz CT molecular complexity index is 850. The molecule has 0 bridgehead atoms. The van der Waals surface area contributed by atoms with Crippen molar-refractivity contribution in [2.45, 2.75) is 57.4 Å². The summed E-state index contributed by atoms with van der Waals surface area (Å²) in [5.74, 6) is 1.54. The van der Waals surface area contributed by atoms with Gasteiger partial charge in [0.15, 0.2) is 0 Å². The van der Waals surface area contributed by atoms with Gasteiger partial charge in [0.25, 0.3) is 11.5 Å². The lowest BCUT2D eigenvalue weighted by atomic mass is 10.1. The molecule has 25 heavy (non-hydrogen) atoms. The molecule has 0 spiro atoms. The van der Waals surface area contributed by atoms with E-state index >= 15 is 0 Å². The average Bonchev–Trinajstić information content (AvgIpc) is 3.12. The van der Waals surface area contributed by atoms with Crippen molar-refractivity contribution in [1.29, 1.82) is 0 Å². The Morgan fingerprint density at radius 3 is 2.80 bits per heavy atom. The number of carbonyl (C=O) groups excluding carboxylic acids is 1. The van der Waals surface area contributed by atoms with E-state index in [4.69, 9.17) is 4.42 Å². The number of aromatic nitrogens is 3. The van der Waals surface area contributed by atoms with Crippen molar-refractivity contribution in [2.24, 2.45) is 0 Å². The van der Waals surface area contributed by atoms with E-state index in [1.165, 1.54) is 6.07 Å². The number of nitrogens with zero attached hydrogens (tertiary/aromatic N) is 3. The number of hydrogen-bond donors (Lipinski definition) is 1. The smallest absolute Gasteiger partial charge is 0.273 e. The van der Waals surface area contributed by atoms with Crippen LogP contribution in [0.1, 0.15) is 85.3 Å². The zero-order valence-electron chi connectivity index (χ0n) is 14.5. The second kappa shape index (κ2) is 6.13. The quantitative estimate of drug-likeness (QED) is 0.922. The molecular weight excluding hydrogens is 320 g/mol. The van der Waals surface area contributed by atoms with Gasteiger partial charge in [0.2, 0.25) is 5.89 Å². The summed E-state index contributed by atoms with van der Waals surface area (Å²) in [7, 11) is 0. The van der Waals surface area contributed by atoms with Crippen LogP contribution < -0.4 is 5.56 Å². The van der Waals surface area contributed by atoms with Crippen LogP contribution in [0.4, 0.5) is 0 Å². The summed E-state index contributed by atoms with van der Waals surface area (Å²) in [5.41, 5.74) is 0.835. The number of H-pyrrole nitrogens is 1. The Balaban J connectivity index is 1.61. The van der Waals surface area contributed by atoms with E-state index in [1.54, 1.807) is 11.2 Å². The molecule has 132 valence electrons. The third-order valence-corrected chi connectivity index (χ3v) is 4.87. The number of oxazole rings is 1. The van der Waals surface area contributed by atoms with Gasteiger partial charge < -0.3 is 14.3 Å². The van der Waals surface area contributed by atoms with Crippen molar-refractivity contribution in [2.75, 3.05) is 6.54 Å². The minimum absolute atomic E-state index is 0.189. The molecule has 2 aliphatic rings. The number of hydrogen-bond acceptors (Lipinski definition) is 5. The first-order chi connectivity index (χ1) is 12.0. The topological polar surface area (TPSA) is 92.1 Å². The maximum absolute atomic E-state index is 13.0. The molecule has 7 heteroatoms. The summed E-state index contributed by atoms with van der Waals surface area (Å²) in [5, 5.41) is 0. The maximum Gasteiger partial charge on any atom is 0.273 e. The number of amides is 1. The molecule has 2 aromatic heterocycles. The van der Waals surface area contributed by atoms with Crippen LogP contribution in [0.25, 0.3) is 0 Å². The number of nitrogens with one attached hydrogen (secondary N) is 1. The lowest BCUT2D eigenvalue weighted by Crippen LogP contribution is -2.32. The van der Waals surface area contributed by atoms with Gasteiger partial charge in [0.1, 0.15) is 23.8 Å². The predicted octanol–water partition coefficient (Wildman–Crippen LogP) is 2.74. The van der Waals surface area contributed by atoms with Crippen LogP contribution in [0.15, 0.2) is 21.5 Å². The zero-order chi connectivity index (χ0) is 17.6. The summed E-state index contributed by atoms with van der Waals surface area (Å²) < 4.78 is 5.63. The molecule has 0 radical (unpaired) electrons. The fourth-order valence-corrected chi connectivity index (χ4v) is 3.27. The summed E-state index contributed by atoms with van der Waals surface area (Å²) in [6, 6.07) is 1.10. The van der Waals surface area contributed by atoms with Gasteiger partial charge in [0.05, 0.1) is 5.69 Å². The van der Waals surface area contributed by atoms with Gasteiger partial charge in [-0.15, -0.1) is 0 Å². The van der Waals surface area contributed by atoms with Crippen LogP contribution >= 0.6 is 0 Å². The fraction of sp³-hybridized carbons (Fsp3) is 0.556. The summed E-state index contributed by atoms with van der Waals surface area (Å²) in [4.78, 5) is 38.3. The van der Waals surface area contributed by atoms with Crippen LogP contribution in [0.3, 0.4) is 0 Å². The lowest BCUT2D eigenvalue weighted by molar-refractivity contribution is 0.0709. The van der Waals surface area contributed by atoms with Crippen molar-refractivity contribution in [3.8, 4) is 0 Å². The Morgan fingerprint density at radius 2 is 2.12 bits per heavy atom. The highest BCUT2D eigenvalue weighted by Crippen LogP contribution is 2.38. The van der Waals surface area contributed by atoms with Crippen molar-refractivity contribution >= 4 is 5.91 Å². The maximum atomic E-state index is 13.0. The monoisotopic (exact) mass is 342 g/mol. The minimum atomic E-state index is -0.269. The number of aromatic amines is 1. The Kier molecular flexibility index (Phi) is 3.94. The van der Waals surface area contributed by atoms with Crippen LogP contribution in [0.5, 0.6) is 0 Å². The van der Waals surface area contributed by atoms with E-state index in [-0.39, 0.29) is 35.0 Å². The van der Waals surface area contributed by atoms with E-state index < -0.39 is 0 Å². The standard InChI is InChI=1S/C18H22N4O3/c1-10(2)13-9-25-17(20-13)14-4-3-7-22(14)18(24)12-8-15(23)21-16(19-12)11-5-6-11/h8-11,14H,3-7H2,1-2H3,(H,19,21,23)/t14-/m0/s1. The minimum Gasteiger partial charge on any atom is -0.446 e. The number of carbonyl (C=O) groups is 1. The third-order valence-electron chi connectivity index (χ3n) is 4.87. The van der Waals surface area contributed by atoms with Gasteiger partial charge in [-0.25, -0.2) is 9.97 Å². The van der Waals surface area contributed by atoms with Crippen molar-refractivity contribution < 1.29 is 9.21 Å². The lowest BCUT2D eigenvalue weighted by Gasteiger charge is -2.22. The highest BCUT2D eigenvalue weighted by Gasteiger charge is 2.35. The molecule has 4 rings (SSSR count). The molecule has 0 aromatic carbocycles. The summed E-state index contributed by atoms with van der Waals surface area (Å²) >= 11 is 0. The van der Waals surface area contributed by atoms with Crippen molar-refractivity contribution in [3.05, 3.63) is 45.8 Å². The second-order valence-corrected chi connectivity index (χ2v) is 7.21. The first-order valence-corrected chi connectivity index (χ1v) is 8.90. The molecule has 1 atom stereocenters. The van der Waals surface area contributed by atoms with E-state index in [9.17, 15) is 9.59 Å². The molecular formula is C18H22N4O3. The average molecular weight is 342 g/mol. The SMILES string of the molecule is CC(C)c1coc([C@@H]2CCCN2C(=O)c2cc(=O)[nH]c(C3CC3)n2)n1. The predicted molar refractivity (Wildman–Crippen MR) is 90.4 cm³/mol. The molecule has 1 N–H and O–H groups in total. The molecule has 0 unspecified atom stereocenters. The van der Waals surface area contributed by atoms with Crippen molar-refractivity contribution in [3.63, 3.8) is 0 Å². The van der Waals surface area contributed by atoms with Crippen LogP contribution in [-0.4, -0.2) is 32.3 Å². The van der Waals surface area contributed by atoms with Crippen LogP contribution in [-0.2, 0) is 0 Å². The molecule has 1 saturated carbocycles. The van der Waals surface area contributed by atoms with Crippen LogP contribution in [0.2, 0.25) is 0 Å². The Morgan fingerprint density at radius 1 is 1.32 bits per heavy atom. The molecule has 1 aliphatic carbocycles. The zero-order valence-corrected chi connectivity index (χ0v) is 14.5. The van der Waals surface area contributed by atoms with Crippen LogP contribution in [0, 0.1) is 0 Å². The molecule has 3 heterocycles. The Labute approximate surface area is 145 Å². The second-order valence-electron chi connectivity index (χ2n) is 7.21. The third kappa shape index (κ3) is 3.10. The largest absolute Gasteiger partial charge is 0.446 e. The first-order valence-electron chi connectivity index (χ1n) is 8.90. The van der Waals surface area contributed by atoms with Gasteiger partial charge in [-0.05, 0) is 31.6 Å². The van der Waals surface area contributed by atoms with Crippen molar-refractivity contribution in [1.82, 2.24) is 19.9 Å². The number of rotatable bonds is 4. The van der Waals surface area contributed by atoms with Gasteiger partial charge in [-0.3, -0.25) is 9.59 Å². The molecule has 1 saturated heterocycles. The molecule has 2 aromatic rings. The van der Waals surface area contributed by atoms with Gasteiger partial charge in [-0.1, -0.05) is 13.8 Å². The molecule has 1 aliphatic heterocycles. The van der Waals surface area contributed by atoms with Gasteiger partial charge in [-0.2, -0.15) is 0 Å². The molecule has 7 nitrogen and oxygen atoms in total. The summed E-state index contributed by atoms with van der Waals surface area (Å²) in [6.07, 6.45) is 5.39. The normalized spacial score (nSPS) is 20.4.